The van der Waals surface area contributed by atoms with Crippen molar-refractivity contribution in [2.75, 3.05) is 67.0 Å². The van der Waals surface area contributed by atoms with E-state index in [-0.39, 0.29) is 6.10 Å². The van der Waals surface area contributed by atoms with Gasteiger partial charge >= 0.3 is 0 Å². The van der Waals surface area contributed by atoms with Crippen LogP contribution in [0.25, 0.3) is 0 Å². The first-order valence-electron chi connectivity index (χ1n) is 10.3. The molecule has 0 aliphatic carbocycles. The highest BCUT2D eigenvalue weighted by molar-refractivity contribution is 5.79. The molecule has 1 fully saturated rings. The van der Waals surface area contributed by atoms with E-state index in [9.17, 15) is 0 Å². The molecule has 0 saturated carbocycles. The number of unbranched alkanes of at least 4 members (excludes halogenated alkanes) is 1. The minimum atomic E-state index is 0.0166. The Hall–Kier alpha value is -1.99. The summed E-state index contributed by atoms with van der Waals surface area (Å²) < 4.78 is 11.2. The van der Waals surface area contributed by atoms with Gasteiger partial charge in [0.1, 0.15) is 17.6 Å². The predicted molar refractivity (Wildman–Crippen MR) is 116 cm³/mol. The maximum atomic E-state index is 5.94. The highest BCUT2D eigenvalue weighted by Gasteiger charge is 2.12. The molecule has 0 aromatic heterocycles. The van der Waals surface area contributed by atoms with E-state index in [0.717, 1.165) is 30.4 Å². The molecule has 2 rings (SSSR count). The van der Waals surface area contributed by atoms with Gasteiger partial charge in [-0.25, -0.2) is 0 Å². The van der Waals surface area contributed by atoms with Crippen LogP contribution in [0.1, 0.15) is 19.8 Å². The molecule has 1 aliphatic heterocycles. The minimum Gasteiger partial charge on any atom is -0.497 e. The summed E-state index contributed by atoms with van der Waals surface area (Å²) in [5.74, 6) is 2.42. The maximum Gasteiger partial charge on any atom is 0.191 e. The van der Waals surface area contributed by atoms with Crippen LogP contribution in [0.2, 0.25) is 0 Å². The average Bonchev–Trinajstić information content (AvgIpc) is 2.71. The molecule has 28 heavy (non-hydrogen) atoms. The first-order valence-corrected chi connectivity index (χ1v) is 10.3. The van der Waals surface area contributed by atoms with E-state index < -0.39 is 0 Å². The Morgan fingerprint density at radius 3 is 2.61 bits per heavy atom. The number of guanidine groups is 1. The van der Waals surface area contributed by atoms with Crippen LogP contribution < -0.4 is 20.1 Å². The van der Waals surface area contributed by atoms with Crippen molar-refractivity contribution in [3.05, 3.63) is 24.3 Å². The summed E-state index contributed by atoms with van der Waals surface area (Å²) in [7, 11) is 5.65. The van der Waals surface area contributed by atoms with Gasteiger partial charge in [0.05, 0.1) is 13.7 Å². The fourth-order valence-corrected chi connectivity index (χ4v) is 3.15. The van der Waals surface area contributed by atoms with E-state index in [0.29, 0.717) is 6.54 Å². The van der Waals surface area contributed by atoms with Crippen molar-refractivity contribution in [2.45, 2.75) is 25.9 Å². The van der Waals surface area contributed by atoms with Crippen molar-refractivity contribution < 1.29 is 9.47 Å². The molecule has 7 heteroatoms. The first-order chi connectivity index (χ1) is 13.6. The Labute approximate surface area is 170 Å². The van der Waals surface area contributed by atoms with Gasteiger partial charge in [0.25, 0.3) is 0 Å². The van der Waals surface area contributed by atoms with Gasteiger partial charge in [-0.3, -0.25) is 4.99 Å². The topological polar surface area (TPSA) is 61.4 Å². The summed E-state index contributed by atoms with van der Waals surface area (Å²) in [6.45, 7) is 9.59. The van der Waals surface area contributed by atoms with E-state index in [1.54, 1.807) is 14.2 Å². The molecule has 2 N–H and O–H groups in total. The Bertz CT molecular complexity index is 588. The summed E-state index contributed by atoms with van der Waals surface area (Å²) in [5.41, 5.74) is 0. The molecule has 0 bridgehead atoms. The monoisotopic (exact) mass is 391 g/mol. The van der Waals surface area contributed by atoms with Crippen molar-refractivity contribution in [3.63, 3.8) is 0 Å². The van der Waals surface area contributed by atoms with E-state index in [1.807, 2.05) is 31.2 Å². The Balaban J connectivity index is 1.57. The molecule has 1 atom stereocenters. The largest absolute Gasteiger partial charge is 0.497 e. The van der Waals surface area contributed by atoms with Crippen molar-refractivity contribution in [2.24, 2.45) is 4.99 Å². The first kappa shape index (κ1) is 22.3. The molecule has 0 spiro atoms. The van der Waals surface area contributed by atoms with E-state index >= 15 is 0 Å². The second-order valence-electron chi connectivity index (χ2n) is 7.34. The Morgan fingerprint density at radius 2 is 1.89 bits per heavy atom. The highest BCUT2D eigenvalue weighted by atomic mass is 16.5. The SMILES string of the molecule is CN=C(NCCCCN1CCN(C)CC1)NCC(C)Oc1cccc(OC)c1. The summed E-state index contributed by atoms with van der Waals surface area (Å²) in [4.78, 5) is 9.25. The van der Waals surface area contributed by atoms with E-state index in [4.69, 9.17) is 9.47 Å². The molecule has 0 amide bonds. The lowest BCUT2D eigenvalue weighted by molar-refractivity contribution is 0.152. The second-order valence-corrected chi connectivity index (χ2v) is 7.34. The van der Waals surface area contributed by atoms with Crippen molar-refractivity contribution in [1.29, 1.82) is 0 Å². The lowest BCUT2D eigenvalue weighted by Crippen LogP contribution is -2.45. The highest BCUT2D eigenvalue weighted by Crippen LogP contribution is 2.19. The number of nitrogens with zero attached hydrogens (tertiary/aromatic N) is 3. The molecule has 1 heterocycles. The van der Waals surface area contributed by atoms with E-state index in [1.165, 1.54) is 39.1 Å². The van der Waals surface area contributed by atoms with Gasteiger partial charge in [-0.1, -0.05) is 6.07 Å². The summed E-state index contributed by atoms with van der Waals surface area (Å²) in [6, 6.07) is 7.67. The number of hydrogen-bond donors (Lipinski definition) is 2. The third-order valence-corrected chi connectivity index (χ3v) is 4.95. The molecule has 1 unspecified atom stereocenters. The van der Waals surface area contributed by atoms with Crippen molar-refractivity contribution in [1.82, 2.24) is 20.4 Å². The fraction of sp³-hybridized carbons (Fsp3) is 0.667. The number of nitrogens with one attached hydrogen (secondary N) is 2. The van der Waals surface area contributed by atoms with Gasteiger partial charge in [0.15, 0.2) is 5.96 Å². The van der Waals surface area contributed by atoms with Crippen LogP contribution in [0.4, 0.5) is 0 Å². The molecular formula is C21H37N5O2. The quantitative estimate of drug-likeness (QED) is 0.359. The smallest absolute Gasteiger partial charge is 0.191 e. The minimum absolute atomic E-state index is 0.0166. The summed E-state index contributed by atoms with van der Waals surface area (Å²) in [6.07, 6.45) is 2.37. The van der Waals surface area contributed by atoms with Crippen LogP contribution in [0.3, 0.4) is 0 Å². The van der Waals surface area contributed by atoms with Gasteiger partial charge in [-0.05, 0) is 45.5 Å². The molecule has 7 nitrogen and oxygen atoms in total. The number of hydrogen-bond acceptors (Lipinski definition) is 5. The molecular weight excluding hydrogens is 354 g/mol. The molecule has 0 radical (unpaired) electrons. The second kappa shape index (κ2) is 12.5. The standard InChI is InChI=1S/C21H37N5O2/c1-18(28-20-9-7-8-19(16-20)27-4)17-24-21(22-2)23-10-5-6-11-26-14-12-25(3)13-15-26/h7-9,16,18H,5-6,10-15,17H2,1-4H3,(H2,22,23,24). The van der Waals surface area contributed by atoms with Crippen LogP contribution in [-0.4, -0.2) is 88.9 Å². The molecule has 1 saturated heterocycles. The van der Waals surface area contributed by atoms with Crippen LogP contribution in [0.5, 0.6) is 11.5 Å². The van der Waals surface area contributed by atoms with E-state index in [2.05, 4.69) is 32.5 Å². The maximum absolute atomic E-state index is 5.94. The average molecular weight is 392 g/mol. The Kier molecular flexibility index (Phi) is 9.93. The number of rotatable bonds is 10. The van der Waals surface area contributed by atoms with Gasteiger partial charge in [-0.2, -0.15) is 0 Å². The zero-order valence-electron chi connectivity index (χ0n) is 17.9. The lowest BCUT2D eigenvalue weighted by atomic mass is 10.2. The van der Waals surface area contributed by atoms with Crippen molar-refractivity contribution in [3.8, 4) is 11.5 Å². The summed E-state index contributed by atoms with van der Waals surface area (Å²) >= 11 is 0. The normalized spacial score (nSPS) is 17.2. The van der Waals surface area contributed by atoms with Crippen molar-refractivity contribution >= 4 is 5.96 Å². The zero-order chi connectivity index (χ0) is 20.2. The van der Waals surface area contributed by atoms with Gasteiger partial charge in [-0.15, -0.1) is 0 Å². The predicted octanol–water partition coefficient (Wildman–Crippen LogP) is 1.66. The number of aliphatic imine (C=N–C) groups is 1. The number of piperazine rings is 1. The van der Waals surface area contributed by atoms with Crippen LogP contribution in [-0.2, 0) is 0 Å². The van der Waals surface area contributed by atoms with Crippen LogP contribution >= 0.6 is 0 Å². The number of likely N-dealkylation sites (N-methyl/N-ethyl adjacent to an activating group) is 1. The summed E-state index contributed by atoms with van der Waals surface area (Å²) in [5, 5.41) is 6.72. The third kappa shape index (κ3) is 8.35. The molecule has 1 aromatic carbocycles. The molecule has 158 valence electrons. The lowest BCUT2D eigenvalue weighted by Gasteiger charge is -2.32. The zero-order valence-corrected chi connectivity index (χ0v) is 17.9. The van der Waals surface area contributed by atoms with Gasteiger partial charge < -0.3 is 29.9 Å². The number of methoxy groups -OCH3 is 1. The molecule has 1 aliphatic rings. The van der Waals surface area contributed by atoms with Crippen LogP contribution in [0.15, 0.2) is 29.3 Å². The van der Waals surface area contributed by atoms with Gasteiger partial charge in [0.2, 0.25) is 0 Å². The fourth-order valence-electron chi connectivity index (χ4n) is 3.15. The number of ether oxygens (including phenoxy) is 2. The van der Waals surface area contributed by atoms with Crippen LogP contribution in [0, 0.1) is 0 Å². The number of benzene rings is 1. The molecule has 1 aromatic rings. The third-order valence-electron chi connectivity index (χ3n) is 4.95. The Morgan fingerprint density at radius 1 is 1.14 bits per heavy atom. The van der Waals surface area contributed by atoms with Gasteiger partial charge in [0, 0.05) is 45.8 Å².